The van der Waals surface area contributed by atoms with Gasteiger partial charge in [-0.25, -0.2) is 0 Å². The van der Waals surface area contributed by atoms with Crippen LogP contribution in [0.25, 0.3) is 5.00 Å². The van der Waals surface area contributed by atoms with Gasteiger partial charge in [0.15, 0.2) is 5.82 Å². The van der Waals surface area contributed by atoms with Gasteiger partial charge in [-0.1, -0.05) is 80.8 Å². The van der Waals surface area contributed by atoms with Crippen molar-refractivity contribution in [1.82, 2.24) is 19.7 Å². The number of aromatic nitrogens is 3. The average Bonchev–Trinajstić information content (AvgIpc) is 3.74. The smallest absolute Gasteiger partial charge is 0.162 e. The largest absolute Gasteiger partial charge is 0.508 e. The third kappa shape index (κ3) is 11.1. The van der Waals surface area contributed by atoms with E-state index in [1.54, 1.807) is 18.2 Å². The second kappa shape index (κ2) is 20.8. The molecule has 9 heteroatoms. The lowest BCUT2D eigenvalue weighted by atomic mass is 9.92. The fraction of sp³-hybridized carbons (Fsp3) is 0.392. The number of anilines is 2. The Kier molecular flexibility index (Phi) is 15.4. The van der Waals surface area contributed by atoms with Gasteiger partial charge in [-0.3, -0.25) is 14.5 Å². The number of nitrogens with zero attached hydrogens (tertiary/aromatic N) is 7. The molecule has 2 aliphatic heterocycles. The van der Waals surface area contributed by atoms with Crippen molar-refractivity contribution in [2.75, 3.05) is 56.6 Å². The zero-order valence-corrected chi connectivity index (χ0v) is 37.8. The Labute approximate surface area is 363 Å². The molecule has 4 heterocycles. The van der Waals surface area contributed by atoms with Crippen molar-refractivity contribution in [3.63, 3.8) is 0 Å². The van der Waals surface area contributed by atoms with E-state index in [1.165, 1.54) is 94.4 Å². The summed E-state index contributed by atoms with van der Waals surface area (Å²) in [5.41, 5.74) is 10.1. The van der Waals surface area contributed by atoms with E-state index in [-0.39, 0.29) is 6.04 Å². The molecule has 60 heavy (non-hydrogen) atoms. The third-order valence-electron chi connectivity index (χ3n) is 12.0. The normalized spacial score (nSPS) is 19.0. The molecule has 0 spiro atoms. The van der Waals surface area contributed by atoms with E-state index < -0.39 is 0 Å². The highest BCUT2D eigenvalue weighted by atomic mass is 32.1. The molecule has 9 rings (SSSR count). The maximum absolute atomic E-state index is 9.19. The van der Waals surface area contributed by atoms with Gasteiger partial charge in [0.25, 0.3) is 0 Å². The second-order valence-corrected chi connectivity index (χ2v) is 17.8. The molecule has 1 saturated heterocycles. The van der Waals surface area contributed by atoms with Crippen molar-refractivity contribution in [3.05, 3.63) is 155 Å². The molecule has 2 fully saturated rings. The number of hydrogen-bond donors (Lipinski definition) is 1. The fourth-order valence-electron chi connectivity index (χ4n) is 8.09. The van der Waals surface area contributed by atoms with Crippen molar-refractivity contribution < 1.29 is 5.11 Å². The van der Waals surface area contributed by atoms with Gasteiger partial charge in [0.2, 0.25) is 0 Å². The molecule has 3 aromatic carbocycles. The average molecular weight is 824 g/mol. The minimum absolute atomic E-state index is 0.0440. The Bertz CT molecular complexity index is 2230. The predicted molar refractivity (Wildman–Crippen MR) is 255 cm³/mol. The minimum atomic E-state index is -0.0440. The van der Waals surface area contributed by atoms with E-state index in [4.69, 9.17) is 4.99 Å². The summed E-state index contributed by atoms with van der Waals surface area (Å²) in [4.78, 5) is 13.8. The Morgan fingerprint density at radius 3 is 2.08 bits per heavy atom. The lowest BCUT2D eigenvalue weighted by Crippen LogP contribution is -2.47. The Hall–Kier alpha value is -5.25. The van der Waals surface area contributed by atoms with E-state index in [2.05, 4.69) is 107 Å². The molecule has 5 aromatic rings. The van der Waals surface area contributed by atoms with Gasteiger partial charge >= 0.3 is 0 Å². The van der Waals surface area contributed by atoms with E-state index in [9.17, 15) is 5.11 Å². The Balaban J connectivity index is 0.000000187. The summed E-state index contributed by atoms with van der Waals surface area (Å²) in [6.45, 7) is 23.7. The second-order valence-electron chi connectivity index (χ2n) is 16.6. The molecular formula is C51H65N7OS. The SMILES string of the molecule is C=C/C=C\C=C.CN(C)c1ccccc1.Cc1sc2c(c1C)C(c1ccc(N3CCN(CC4CC4C)CC3)cc1)=N[C@@H](C)c1nnc(C)n1-2.Oc1ccc2c(c1)CCCC2. The number of rotatable bonds is 7. The Morgan fingerprint density at radius 1 is 0.833 bits per heavy atom. The number of phenols is 1. The van der Waals surface area contributed by atoms with E-state index in [0.717, 1.165) is 48.7 Å². The molecule has 0 amide bonds. The number of hydrogen-bond acceptors (Lipinski definition) is 8. The van der Waals surface area contributed by atoms with Crippen molar-refractivity contribution >= 4 is 28.4 Å². The van der Waals surface area contributed by atoms with Crippen molar-refractivity contribution in [2.24, 2.45) is 16.8 Å². The number of aliphatic imine (C=N–C) groups is 1. The summed E-state index contributed by atoms with van der Waals surface area (Å²) in [5.74, 6) is 4.14. The molecule has 1 saturated carbocycles. The zero-order valence-electron chi connectivity index (χ0n) is 36.9. The molecule has 316 valence electrons. The third-order valence-corrected chi connectivity index (χ3v) is 13.2. The summed E-state index contributed by atoms with van der Waals surface area (Å²) in [6, 6.07) is 25.0. The molecule has 1 N–H and O–H groups in total. The molecule has 3 atom stereocenters. The number of benzene rings is 3. The molecule has 4 aliphatic rings. The van der Waals surface area contributed by atoms with Crippen LogP contribution in [0.2, 0.25) is 0 Å². The molecule has 2 aliphatic carbocycles. The van der Waals surface area contributed by atoms with Crippen LogP contribution in [-0.2, 0) is 12.8 Å². The van der Waals surface area contributed by atoms with Gasteiger partial charge < -0.3 is 14.9 Å². The van der Waals surface area contributed by atoms with Gasteiger partial charge in [-0.05, 0) is 125 Å². The minimum Gasteiger partial charge on any atom is -0.508 e. The van der Waals surface area contributed by atoms with Crippen molar-refractivity contribution in [2.45, 2.75) is 72.8 Å². The van der Waals surface area contributed by atoms with Crippen LogP contribution in [0.4, 0.5) is 11.4 Å². The lowest BCUT2D eigenvalue weighted by molar-refractivity contribution is 0.244. The number of para-hydroxylation sites is 1. The standard InChI is InChI=1S/C27H34N6S.C10H12O.C8H11N.C6H8/c1-16-14-22(16)15-31-10-12-32(13-11-31)23-8-6-21(7-9-23)25-24-17(2)19(4)34-27(24)33-20(5)29-30-26(33)18(3)28-25;11-10-6-5-8-3-1-2-4-9(8)7-10;1-9(2)8-6-4-3-5-7-8;1-3-5-6-4-2/h6-9,16,18,22H,10-15H2,1-5H3;5-7,11H,1-4H2;3-7H,1-2H3;3-6H,1-2H2/b;;;6-5-/t16?,18-,22?;;;/m0.../s1. The number of fused-ring (bicyclic) bond motifs is 4. The summed E-state index contributed by atoms with van der Waals surface area (Å²) in [6.07, 6.45) is 13.4. The van der Waals surface area contributed by atoms with Crippen LogP contribution < -0.4 is 9.80 Å². The maximum Gasteiger partial charge on any atom is 0.162 e. The first kappa shape index (κ1) is 44.3. The summed E-state index contributed by atoms with van der Waals surface area (Å²) < 4.78 is 2.21. The van der Waals surface area contributed by atoms with Crippen LogP contribution in [0.1, 0.15) is 83.5 Å². The van der Waals surface area contributed by atoms with Gasteiger partial charge in [-0.2, -0.15) is 0 Å². The van der Waals surface area contributed by atoms with Crippen molar-refractivity contribution in [3.8, 4) is 10.8 Å². The Morgan fingerprint density at radius 2 is 1.48 bits per heavy atom. The molecule has 0 bridgehead atoms. The highest BCUT2D eigenvalue weighted by molar-refractivity contribution is 7.15. The highest BCUT2D eigenvalue weighted by Gasteiger charge is 2.35. The van der Waals surface area contributed by atoms with Gasteiger partial charge in [0.05, 0.1) is 5.71 Å². The van der Waals surface area contributed by atoms with Crippen LogP contribution in [0.15, 0.2) is 115 Å². The van der Waals surface area contributed by atoms with Gasteiger partial charge in [0, 0.05) is 74.2 Å². The number of phenolic OH excluding ortho intramolecular Hbond substituents is 1. The van der Waals surface area contributed by atoms with Crippen LogP contribution in [0.5, 0.6) is 5.75 Å². The van der Waals surface area contributed by atoms with Gasteiger partial charge in [0.1, 0.15) is 22.6 Å². The molecule has 2 aromatic heterocycles. The maximum atomic E-state index is 9.19. The molecule has 8 nitrogen and oxygen atoms in total. The van der Waals surface area contributed by atoms with Crippen LogP contribution in [0.3, 0.4) is 0 Å². The summed E-state index contributed by atoms with van der Waals surface area (Å²) in [5, 5.41) is 19.2. The predicted octanol–water partition coefficient (Wildman–Crippen LogP) is 10.9. The number of allylic oxidation sites excluding steroid dienone is 4. The van der Waals surface area contributed by atoms with E-state index >= 15 is 0 Å². The quantitative estimate of drug-likeness (QED) is 0.165. The molecule has 2 unspecified atom stereocenters. The first-order valence-corrected chi connectivity index (χ1v) is 22.4. The summed E-state index contributed by atoms with van der Waals surface area (Å²) in [7, 11) is 4.07. The monoisotopic (exact) mass is 823 g/mol. The van der Waals surface area contributed by atoms with Crippen molar-refractivity contribution in [1.29, 1.82) is 0 Å². The highest BCUT2D eigenvalue weighted by Crippen LogP contribution is 2.40. The number of aryl methyl sites for hydroxylation is 4. The topological polar surface area (TPSA) is 73.0 Å². The van der Waals surface area contributed by atoms with E-state index in [0.29, 0.717) is 5.75 Å². The summed E-state index contributed by atoms with van der Waals surface area (Å²) >= 11 is 1.82. The number of aromatic hydroxyl groups is 1. The lowest BCUT2D eigenvalue weighted by Gasteiger charge is -2.36. The van der Waals surface area contributed by atoms with E-state index in [1.807, 2.05) is 74.8 Å². The first-order valence-electron chi connectivity index (χ1n) is 21.6. The fourth-order valence-corrected chi connectivity index (χ4v) is 9.30. The van der Waals surface area contributed by atoms with Crippen LogP contribution in [-0.4, -0.2) is 77.3 Å². The first-order chi connectivity index (χ1) is 29.0. The number of piperazine rings is 1. The zero-order chi connectivity index (χ0) is 42.8. The van der Waals surface area contributed by atoms with Crippen LogP contribution >= 0.6 is 11.3 Å². The molecule has 0 radical (unpaired) electrons. The molecular weight excluding hydrogens is 759 g/mol. The number of thiophene rings is 1. The van der Waals surface area contributed by atoms with Crippen LogP contribution in [0, 0.1) is 32.6 Å². The van der Waals surface area contributed by atoms with Gasteiger partial charge in [-0.15, -0.1) is 21.5 Å².